The number of unbranched alkanes of at least 4 members (excludes halogenated alkanes) is 1. The largest absolute Gasteiger partial charge is 0.509 e. The molecular weight excluding hydrogens is 1130 g/mol. The van der Waals surface area contributed by atoms with Crippen LogP contribution in [0.5, 0.6) is 11.5 Å². The van der Waals surface area contributed by atoms with Gasteiger partial charge in [-0.1, -0.05) is 25.5 Å². The number of pyridine rings is 2. The predicted molar refractivity (Wildman–Crippen MR) is 302 cm³/mol. The average Bonchev–Trinajstić information content (AvgIpc) is 1.58. The van der Waals surface area contributed by atoms with Crippen LogP contribution in [-0.2, 0) is 107 Å². The van der Waals surface area contributed by atoms with Crippen LogP contribution in [0.2, 0.25) is 0 Å². The number of anilines is 1. The van der Waals surface area contributed by atoms with Gasteiger partial charge < -0.3 is 82.1 Å². The van der Waals surface area contributed by atoms with Crippen LogP contribution >= 0.6 is 0 Å². The number of carbonyl (C=O) groups excluding carboxylic acids is 7. The number of carbonyl (C=O) groups is 7. The zero-order valence-electron chi connectivity index (χ0n) is 48.0. The highest BCUT2D eigenvalue weighted by molar-refractivity contribution is 6.13. The second-order valence-corrected chi connectivity index (χ2v) is 19.7. The van der Waals surface area contributed by atoms with E-state index in [9.17, 15) is 38.4 Å². The summed E-state index contributed by atoms with van der Waals surface area (Å²) < 4.78 is 72.8. The van der Waals surface area contributed by atoms with E-state index in [1.165, 1.54) is 12.2 Å². The van der Waals surface area contributed by atoms with Crippen LogP contribution in [-0.4, -0.2) is 188 Å². The monoisotopic (exact) mass is 1200 g/mol. The van der Waals surface area contributed by atoms with Crippen LogP contribution < -0.4 is 31.0 Å². The fraction of sp³-hybridized carbons (Fsp3) is 0.508. The van der Waals surface area contributed by atoms with Crippen LogP contribution in [0.25, 0.3) is 22.3 Å². The standard InChI is InChI=1S/C59H72N6O21/c1-2-3-4-41-42-32-48-49(85-38-84-48)33-46(42)63-55-44(41)35-65-47(55)31-43-45(57(65)71)37-82-58(72)56(43)86-59(73)83-36-39-5-7-40(8-6-39)62-52(68)34-61-51(67)12-15-74-17-19-76-21-23-78-25-27-80-29-30-81-28-26-79-24-22-77-20-18-75-16-13-60-50(66)11-14-64-53(69)9-10-54(64)70/h5-10,31-33,56H,2-4,11-30,34-38H2,1H3,(H,60,66)(H,61,67)(H,62,68)/t56-/m0/s1. The molecule has 0 spiro atoms. The number of hydrogen-bond acceptors (Lipinski definition) is 22. The highest BCUT2D eigenvalue weighted by Gasteiger charge is 2.39. The lowest BCUT2D eigenvalue weighted by Crippen LogP contribution is -2.35. The lowest BCUT2D eigenvalue weighted by atomic mass is 9.95. The Hall–Kier alpha value is -7.89. The van der Waals surface area contributed by atoms with Crippen LogP contribution in [0.15, 0.2) is 59.4 Å². The molecule has 86 heavy (non-hydrogen) atoms. The van der Waals surface area contributed by atoms with Gasteiger partial charge in [-0.25, -0.2) is 14.6 Å². The topological polar surface area (TPSA) is 314 Å². The second kappa shape index (κ2) is 33.7. The van der Waals surface area contributed by atoms with Gasteiger partial charge in [0.05, 0.1) is 141 Å². The number of esters is 1. The summed E-state index contributed by atoms with van der Waals surface area (Å²) in [7, 11) is 0. The highest BCUT2D eigenvalue weighted by Crippen LogP contribution is 2.43. The number of rotatable bonds is 39. The Morgan fingerprint density at radius 3 is 1.85 bits per heavy atom. The Bertz CT molecular complexity index is 3080. The van der Waals surface area contributed by atoms with Gasteiger partial charge in [0.15, 0.2) is 11.5 Å². The van der Waals surface area contributed by atoms with Gasteiger partial charge in [0, 0.05) is 66.4 Å². The van der Waals surface area contributed by atoms with E-state index in [4.69, 9.17) is 66.6 Å². The lowest BCUT2D eigenvalue weighted by Gasteiger charge is -2.24. The molecule has 27 heteroatoms. The van der Waals surface area contributed by atoms with E-state index in [0.717, 1.165) is 40.7 Å². The molecule has 6 heterocycles. The molecule has 0 bridgehead atoms. The first-order valence-corrected chi connectivity index (χ1v) is 28.6. The molecule has 8 rings (SSSR count). The zero-order valence-corrected chi connectivity index (χ0v) is 48.0. The van der Waals surface area contributed by atoms with Crippen molar-refractivity contribution in [3.05, 3.63) is 92.8 Å². The minimum absolute atomic E-state index is 0.0296. The Kier molecular flexibility index (Phi) is 25.1. The van der Waals surface area contributed by atoms with Gasteiger partial charge >= 0.3 is 12.1 Å². The van der Waals surface area contributed by atoms with Gasteiger partial charge in [0.2, 0.25) is 30.6 Å². The molecule has 0 aliphatic carbocycles. The number of ether oxygens (including phenoxy) is 13. The van der Waals surface area contributed by atoms with Crippen LogP contribution in [0.3, 0.4) is 0 Å². The van der Waals surface area contributed by atoms with Gasteiger partial charge in [-0.3, -0.25) is 33.7 Å². The maximum atomic E-state index is 14.0. The molecule has 4 aliphatic heterocycles. The molecule has 3 N–H and O–H groups in total. The van der Waals surface area contributed by atoms with E-state index in [-0.39, 0.29) is 94.2 Å². The highest BCUT2D eigenvalue weighted by atomic mass is 16.7. The average molecular weight is 1200 g/mol. The third-order valence-electron chi connectivity index (χ3n) is 13.7. The van der Waals surface area contributed by atoms with Crippen molar-refractivity contribution in [1.82, 2.24) is 25.1 Å². The number of benzene rings is 2. The van der Waals surface area contributed by atoms with Crippen molar-refractivity contribution < 1.29 is 95.1 Å². The van der Waals surface area contributed by atoms with Crippen molar-refractivity contribution in [2.75, 3.05) is 137 Å². The number of fused-ring (bicyclic) bond motifs is 6. The number of aromatic nitrogens is 2. The molecule has 0 radical (unpaired) electrons. The van der Waals surface area contributed by atoms with E-state index < -0.39 is 36.0 Å². The van der Waals surface area contributed by atoms with Crippen molar-refractivity contribution in [1.29, 1.82) is 0 Å². The summed E-state index contributed by atoms with van der Waals surface area (Å²) in [5.41, 5.74) is 4.71. The second-order valence-electron chi connectivity index (χ2n) is 19.7. The third kappa shape index (κ3) is 18.8. The number of imide groups is 1. The number of aryl methyl sites for hydroxylation is 1. The van der Waals surface area contributed by atoms with E-state index >= 15 is 0 Å². The molecule has 0 fully saturated rings. The van der Waals surface area contributed by atoms with Crippen LogP contribution in [0.1, 0.15) is 66.5 Å². The molecule has 464 valence electrons. The molecule has 2 aromatic carbocycles. The lowest BCUT2D eigenvalue weighted by molar-refractivity contribution is -0.159. The SMILES string of the molecule is CCCCc1c2c(nc3cc4c(cc13)OCO4)-c1cc3c(c(=O)n1C2)COC(=O)[C@H]3OC(=O)OCc1ccc(NC(=O)CNC(=O)CCOCCOCCOCCOCCOCCOCCOCCOCCNC(=O)CCN2C(=O)C=CC2=O)cc1. The van der Waals surface area contributed by atoms with E-state index in [0.29, 0.717) is 139 Å². The maximum absolute atomic E-state index is 14.0. The quantitative estimate of drug-likeness (QED) is 0.0289. The first-order valence-electron chi connectivity index (χ1n) is 28.6. The fourth-order valence-electron chi connectivity index (χ4n) is 9.29. The first-order chi connectivity index (χ1) is 42.0. The summed E-state index contributed by atoms with van der Waals surface area (Å²) in [6.45, 7) is 7.76. The summed E-state index contributed by atoms with van der Waals surface area (Å²) in [5.74, 6) is -1.57. The van der Waals surface area contributed by atoms with Gasteiger partial charge in [0.1, 0.15) is 13.2 Å². The van der Waals surface area contributed by atoms with Crippen molar-refractivity contribution in [2.45, 2.75) is 64.9 Å². The molecule has 4 aromatic rings. The number of hydrogen-bond donors (Lipinski definition) is 3. The number of amides is 5. The maximum Gasteiger partial charge on any atom is 0.509 e. The molecule has 5 amide bonds. The van der Waals surface area contributed by atoms with Crippen LogP contribution in [0.4, 0.5) is 10.5 Å². The van der Waals surface area contributed by atoms with E-state index in [1.807, 2.05) is 12.1 Å². The molecule has 2 aromatic heterocycles. The summed E-state index contributed by atoms with van der Waals surface area (Å²) in [4.78, 5) is 106. The number of cyclic esters (lactones) is 1. The minimum Gasteiger partial charge on any atom is -0.458 e. The molecule has 1 atom stereocenters. The molecular formula is C59H72N6O21. The fourth-order valence-corrected chi connectivity index (χ4v) is 9.29. The van der Waals surface area contributed by atoms with Crippen molar-refractivity contribution >= 4 is 58.3 Å². The van der Waals surface area contributed by atoms with Gasteiger partial charge in [-0.05, 0) is 48.2 Å². The normalized spacial score (nSPS) is 14.5. The Morgan fingerprint density at radius 1 is 0.651 bits per heavy atom. The van der Waals surface area contributed by atoms with E-state index in [1.54, 1.807) is 34.9 Å². The molecule has 0 saturated heterocycles. The Labute approximate surface area is 495 Å². The molecule has 0 unspecified atom stereocenters. The van der Waals surface area contributed by atoms with Crippen molar-refractivity contribution in [3.8, 4) is 22.9 Å². The smallest absolute Gasteiger partial charge is 0.458 e. The van der Waals surface area contributed by atoms with Gasteiger partial charge in [0.25, 0.3) is 17.4 Å². The Balaban J connectivity index is 0.591. The summed E-state index contributed by atoms with van der Waals surface area (Å²) in [6, 6.07) is 11.8. The zero-order chi connectivity index (χ0) is 60.5. The van der Waals surface area contributed by atoms with Gasteiger partial charge in [-0.2, -0.15) is 0 Å². The van der Waals surface area contributed by atoms with Crippen LogP contribution in [0, 0.1) is 0 Å². The number of nitrogens with zero attached hydrogens (tertiary/aromatic N) is 3. The number of nitrogens with one attached hydrogen (secondary N) is 3. The van der Waals surface area contributed by atoms with E-state index in [2.05, 4.69) is 22.9 Å². The summed E-state index contributed by atoms with van der Waals surface area (Å²) >= 11 is 0. The first kappa shape index (κ1) is 64.1. The third-order valence-corrected chi connectivity index (χ3v) is 13.7. The predicted octanol–water partition coefficient (Wildman–Crippen LogP) is 2.96. The molecule has 4 aliphatic rings. The molecule has 27 nitrogen and oxygen atoms in total. The minimum atomic E-state index is -1.56. The Morgan fingerprint density at radius 2 is 1.23 bits per heavy atom. The molecule has 0 saturated carbocycles. The summed E-state index contributed by atoms with van der Waals surface area (Å²) in [6.07, 6.45) is 2.33. The van der Waals surface area contributed by atoms with Crippen molar-refractivity contribution in [3.63, 3.8) is 0 Å². The summed E-state index contributed by atoms with van der Waals surface area (Å²) in [5, 5.41) is 8.83. The van der Waals surface area contributed by atoms with Crippen molar-refractivity contribution in [2.24, 2.45) is 0 Å². The van der Waals surface area contributed by atoms with Gasteiger partial charge in [-0.15, -0.1) is 0 Å².